The molecule has 0 aromatic heterocycles. The van der Waals surface area contributed by atoms with Crippen molar-refractivity contribution in [1.82, 2.24) is 10.2 Å². The molecule has 1 fully saturated rings. The van der Waals surface area contributed by atoms with E-state index < -0.39 is 0 Å². The molecule has 45 heavy (non-hydrogen) atoms. The van der Waals surface area contributed by atoms with Crippen LogP contribution in [-0.4, -0.2) is 35.8 Å². The van der Waals surface area contributed by atoms with Crippen molar-refractivity contribution in [3.63, 3.8) is 0 Å². The van der Waals surface area contributed by atoms with Gasteiger partial charge in [-0.05, 0) is 77.0 Å². The van der Waals surface area contributed by atoms with Gasteiger partial charge >= 0.3 is 0 Å². The number of hydrogen-bond donors (Lipinski definition) is 1. The third-order valence-corrected chi connectivity index (χ3v) is 9.52. The van der Waals surface area contributed by atoms with E-state index in [9.17, 15) is 9.59 Å². The molecule has 2 amide bonds. The zero-order valence-corrected chi connectivity index (χ0v) is 30.3. The van der Waals surface area contributed by atoms with E-state index in [2.05, 4.69) is 43.5 Å². The van der Waals surface area contributed by atoms with Gasteiger partial charge in [0.05, 0.1) is 0 Å². The maximum Gasteiger partial charge on any atom is 0.242 e. The molecular weight excluding hydrogens is 552 g/mol. The average molecular weight is 629 g/mol. The van der Waals surface area contributed by atoms with Crippen LogP contribution in [0.1, 0.15) is 206 Å². The van der Waals surface area contributed by atoms with E-state index in [4.69, 9.17) is 0 Å². The normalized spacial score (nSPS) is 15.2. The SMILES string of the molecule is CCCCCC/C=C/CCCCCCCCCC(=O)N1CCC[C@H]1C(=O)NCCCCCCC/C=C\CCCCCCCCC. The molecule has 0 unspecified atom stereocenters. The van der Waals surface area contributed by atoms with Crippen molar-refractivity contribution in [2.24, 2.45) is 0 Å². The summed E-state index contributed by atoms with van der Waals surface area (Å²) in [5, 5.41) is 3.13. The van der Waals surface area contributed by atoms with Crippen molar-refractivity contribution in [3.05, 3.63) is 24.3 Å². The fourth-order valence-corrected chi connectivity index (χ4v) is 6.53. The lowest BCUT2D eigenvalue weighted by molar-refractivity contribution is -0.138. The summed E-state index contributed by atoms with van der Waals surface area (Å²) in [6.07, 6.45) is 46.4. The highest BCUT2D eigenvalue weighted by molar-refractivity contribution is 5.88. The van der Waals surface area contributed by atoms with Gasteiger partial charge in [0.2, 0.25) is 11.8 Å². The average Bonchev–Trinajstić information content (AvgIpc) is 3.55. The second-order valence-electron chi connectivity index (χ2n) is 13.8. The molecular formula is C41H76N2O2. The van der Waals surface area contributed by atoms with E-state index in [1.807, 2.05) is 4.90 Å². The Hall–Kier alpha value is -1.58. The molecule has 0 aromatic carbocycles. The molecule has 0 bridgehead atoms. The molecule has 0 aliphatic carbocycles. The van der Waals surface area contributed by atoms with Gasteiger partial charge in [0.25, 0.3) is 0 Å². The van der Waals surface area contributed by atoms with Crippen LogP contribution in [0, 0.1) is 0 Å². The van der Waals surface area contributed by atoms with Crippen molar-refractivity contribution in [2.45, 2.75) is 213 Å². The molecule has 1 atom stereocenters. The number of nitrogens with one attached hydrogen (secondary N) is 1. The van der Waals surface area contributed by atoms with Crippen LogP contribution >= 0.6 is 0 Å². The van der Waals surface area contributed by atoms with Crippen LogP contribution in [0.15, 0.2) is 24.3 Å². The minimum atomic E-state index is -0.240. The van der Waals surface area contributed by atoms with Gasteiger partial charge in [-0.25, -0.2) is 0 Å². The molecule has 1 heterocycles. The molecule has 0 aromatic rings. The van der Waals surface area contributed by atoms with Crippen LogP contribution < -0.4 is 5.32 Å². The van der Waals surface area contributed by atoms with Crippen molar-refractivity contribution < 1.29 is 9.59 Å². The number of amides is 2. The van der Waals surface area contributed by atoms with E-state index in [0.29, 0.717) is 6.42 Å². The Kier molecular flexibility index (Phi) is 29.8. The van der Waals surface area contributed by atoms with Crippen LogP contribution in [0.4, 0.5) is 0 Å². The molecule has 1 rings (SSSR count). The van der Waals surface area contributed by atoms with Gasteiger partial charge in [0.1, 0.15) is 6.04 Å². The molecule has 1 aliphatic heterocycles. The predicted molar refractivity (Wildman–Crippen MR) is 197 cm³/mol. The summed E-state index contributed by atoms with van der Waals surface area (Å²) in [5.41, 5.74) is 0. The highest BCUT2D eigenvalue weighted by Gasteiger charge is 2.33. The molecule has 4 nitrogen and oxygen atoms in total. The number of unbranched alkanes of at least 4 members (excludes halogenated alkanes) is 23. The first kappa shape index (κ1) is 41.4. The summed E-state index contributed by atoms with van der Waals surface area (Å²) in [6, 6.07) is -0.240. The summed E-state index contributed by atoms with van der Waals surface area (Å²) in [6.45, 7) is 6.03. The Morgan fingerprint density at radius 2 is 0.956 bits per heavy atom. The zero-order valence-electron chi connectivity index (χ0n) is 30.3. The monoisotopic (exact) mass is 629 g/mol. The van der Waals surface area contributed by atoms with E-state index in [0.717, 1.165) is 45.2 Å². The first-order valence-corrected chi connectivity index (χ1v) is 20.1. The van der Waals surface area contributed by atoms with Crippen LogP contribution in [0.2, 0.25) is 0 Å². The Morgan fingerprint density at radius 3 is 1.44 bits per heavy atom. The fraction of sp³-hybridized carbons (Fsp3) is 0.854. The number of nitrogens with zero attached hydrogens (tertiary/aromatic N) is 1. The maximum absolute atomic E-state index is 12.9. The molecule has 262 valence electrons. The Labute approximate surface area is 281 Å². The number of carbonyl (C=O) groups is 2. The number of carbonyl (C=O) groups excluding carboxylic acids is 2. The lowest BCUT2D eigenvalue weighted by atomic mass is 10.1. The minimum absolute atomic E-state index is 0.0679. The van der Waals surface area contributed by atoms with Crippen molar-refractivity contribution in [1.29, 1.82) is 0 Å². The number of likely N-dealkylation sites (tertiary alicyclic amines) is 1. The molecule has 4 heteroatoms. The molecule has 0 saturated carbocycles. The molecule has 1 aliphatic rings. The number of rotatable bonds is 32. The summed E-state index contributed by atoms with van der Waals surface area (Å²) < 4.78 is 0. The largest absolute Gasteiger partial charge is 0.354 e. The zero-order chi connectivity index (χ0) is 32.5. The second kappa shape index (κ2) is 32.4. The van der Waals surface area contributed by atoms with E-state index in [1.54, 1.807) is 0 Å². The third kappa shape index (κ3) is 25.2. The van der Waals surface area contributed by atoms with Gasteiger partial charge in [-0.1, -0.05) is 147 Å². The van der Waals surface area contributed by atoms with Crippen LogP contribution in [0.25, 0.3) is 0 Å². The Balaban J connectivity index is 1.95. The minimum Gasteiger partial charge on any atom is -0.354 e. The van der Waals surface area contributed by atoms with Crippen molar-refractivity contribution in [3.8, 4) is 0 Å². The van der Waals surface area contributed by atoms with Gasteiger partial charge in [0.15, 0.2) is 0 Å². The predicted octanol–water partition coefficient (Wildman–Crippen LogP) is 12.2. The molecule has 1 N–H and O–H groups in total. The quantitative estimate of drug-likeness (QED) is 0.0595. The van der Waals surface area contributed by atoms with Crippen LogP contribution in [0.5, 0.6) is 0 Å². The van der Waals surface area contributed by atoms with Gasteiger partial charge in [-0.15, -0.1) is 0 Å². The van der Waals surface area contributed by atoms with Crippen LogP contribution in [0.3, 0.4) is 0 Å². The number of allylic oxidation sites excluding steroid dienone is 4. The summed E-state index contributed by atoms with van der Waals surface area (Å²) in [7, 11) is 0. The van der Waals surface area contributed by atoms with Crippen molar-refractivity contribution in [2.75, 3.05) is 13.1 Å². The Bertz CT molecular complexity index is 731. The standard InChI is InChI=1S/C41H76N2O2/c1-3-5-7-9-11-13-15-17-19-21-23-25-27-29-31-33-37-42-41(45)39-35-34-38-43(39)40(44)36-32-30-28-26-24-22-20-18-16-14-12-10-8-6-4-2/h14,16,19,21,39H,3-13,15,17-18,20,22-38H2,1-2H3,(H,42,45)/b16-14+,21-19-/t39-/m0/s1. The van der Waals surface area contributed by atoms with E-state index in [1.165, 1.54) is 154 Å². The summed E-state index contributed by atoms with van der Waals surface area (Å²) in [4.78, 5) is 27.5. The first-order valence-electron chi connectivity index (χ1n) is 20.1. The maximum atomic E-state index is 12.9. The van der Waals surface area contributed by atoms with Gasteiger partial charge in [-0.2, -0.15) is 0 Å². The molecule has 1 saturated heterocycles. The molecule has 0 radical (unpaired) electrons. The first-order chi connectivity index (χ1) is 22.2. The fourth-order valence-electron chi connectivity index (χ4n) is 6.53. The van der Waals surface area contributed by atoms with Crippen molar-refractivity contribution >= 4 is 11.8 Å². The van der Waals surface area contributed by atoms with E-state index in [-0.39, 0.29) is 17.9 Å². The van der Waals surface area contributed by atoms with Gasteiger partial charge in [-0.3, -0.25) is 9.59 Å². The van der Waals surface area contributed by atoms with Crippen LogP contribution in [-0.2, 0) is 9.59 Å². The topological polar surface area (TPSA) is 49.4 Å². The van der Waals surface area contributed by atoms with Gasteiger partial charge in [0, 0.05) is 19.5 Å². The highest BCUT2D eigenvalue weighted by atomic mass is 16.2. The second-order valence-corrected chi connectivity index (χ2v) is 13.8. The third-order valence-electron chi connectivity index (χ3n) is 9.52. The lowest BCUT2D eigenvalue weighted by Crippen LogP contribution is -2.46. The smallest absolute Gasteiger partial charge is 0.242 e. The highest BCUT2D eigenvalue weighted by Crippen LogP contribution is 2.20. The van der Waals surface area contributed by atoms with E-state index >= 15 is 0 Å². The molecule has 0 spiro atoms. The lowest BCUT2D eigenvalue weighted by Gasteiger charge is -2.24. The summed E-state index contributed by atoms with van der Waals surface area (Å²) >= 11 is 0. The summed E-state index contributed by atoms with van der Waals surface area (Å²) in [5.74, 6) is 0.254. The van der Waals surface area contributed by atoms with Gasteiger partial charge < -0.3 is 10.2 Å². The number of hydrogen-bond acceptors (Lipinski definition) is 2. The Morgan fingerprint density at radius 1 is 0.556 bits per heavy atom.